The molecule has 2 aliphatic rings. The minimum atomic E-state index is -0.109. The highest BCUT2D eigenvalue weighted by atomic mass is 15.0. The molecule has 0 N–H and O–H groups in total. The number of aromatic nitrogens is 4. The topological polar surface area (TPSA) is 35.6 Å². The maximum absolute atomic E-state index is 5.87. The Morgan fingerprint density at radius 1 is 0.287 bits per heavy atom. The maximum Gasteiger partial charge on any atom is 0.252 e. The second-order valence-electron chi connectivity index (χ2n) is 31.7. The van der Waals surface area contributed by atoms with Crippen LogP contribution in [0, 0.1) is 0 Å². The molecule has 3 aromatic heterocycles. The fourth-order valence-corrected chi connectivity index (χ4v) is 13.9. The van der Waals surface area contributed by atoms with E-state index in [1.807, 2.05) is 0 Å². The number of rotatable bonds is 5. The highest BCUT2D eigenvalue weighted by molar-refractivity contribution is 7.00. The van der Waals surface area contributed by atoms with Gasteiger partial charge in [-0.3, -0.25) is 0 Å². The normalized spacial score (nSPS) is 13.6. The van der Waals surface area contributed by atoms with Crippen LogP contribution in [0.2, 0.25) is 0 Å². The van der Waals surface area contributed by atoms with Gasteiger partial charge in [0.2, 0.25) is 0 Å². The van der Waals surface area contributed by atoms with Gasteiger partial charge in [-0.1, -0.05) is 222 Å². The molecule has 12 aromatic rings. The zero-order valence-electron chi connectivity index (χ0n) is 54.6. The highest BCUT2D eigenvalue weighted by Gasteiger charge is 2.42. The van der Waals surface area contributed by atoms with E-state index in [1.54, 1.807) is 0 Å². The van der Waals surface area contributed by atoms with E-state index in [-0.39, 0.29) is 39.2 Å². The molecule has 0 radical (unpaired) electrons. The number of hydrogen-bond acceptors (Lipinski definition) is 2. The second kappa shape index (κ2) is 19.1. The van der Waals surface area contributed by atoms with Crippen LogP contribution >= 0.6 is 0 Å². The summed E-state index contributed by atoms with van der Waals surface area (Å²) in [6.45, 7) is 41.8. The Kier molecular flexibility index (Phi) is 12.4. The molecule has 0 aliphatic carbocycles. The summed E-state index contributed by atoms with van der Waals surface area (Å²) >= 11 is 0. The smallest absolute Gasteiger partial charge is 0.252 e. The Hall–Kier alpha value is -8.28. The third kappa shape index (κ3) is 9.40. The van der Waals surface area contributed by atoms with E-state index < -0.39 is 0 Å². The molecule has 0 saturated carbocycles. The lowest BCUT2D eigenvalue weighted by molar-refractivity contribution is 0.568. The number of nitrogens with zero attached hydrogens (tertiary/aromatic N) is 4. The van der Waals surface area contributed by atoms with Crippen LogP contribution in [0.4, 0.5) is 0 Å². The number of fused-ring (bicyclic) bond motifs is 10. The molecule has 0 spiro atoms. The van der Waals surface area contributed by atoms with Gasteiger partial charge < -0.3 is 9.13 Å². The quantitative estimate of drug-likeness (QED) is 0.161. The fraction of sp³-hybridized carbons (Fsp3) is 0.293. The summed E-state index contributed by atoms with van der Waals surface area (Å²) in [6, 6.07) is 68.3. The number of benzene rings is 9. The monoisotopic (exact) mass is 1130 g/mol. The molecule has 0 bridgehead atoms. The first-order valence-electron chi connectivity index (χ1n) is 31.7. The molecule has 434 valence electrons. The molecule has 5 heterocycles. The lowest BCUT2D eigenvalue weighted by Gasteiger charge is -2.34. The van der Waals surface area contributed by atoms with Crippen molar-refractivity contribution >= 4 is 66.7 Å². The lowest BCUT2D eigenvalue weighted by Crippen LogP contribution is -2.59. The first-order chi connectivity index (χ1) is 40.9. The molecule has 5 heteroatoms. The largest absolute Gasteiger partial charge is 0.310 e. The Bertz CT molecular complexity index is 4470. The van der Waals surface area contributed by atoms with Crippen molar-refractivity contribution in [2.75, 3.05) is 0 Å². The molecule has 14 rings (SSSR count). The van der Waals surface area contributed by atoms with Crippen LogP contribution in [0.3, 0.4) is 0 Å². The van der Waals surface area contributed by atoms with Crippen molar-refractivity contribution in [3.05, 3.63) is 209 Å². The van der Waals surface area contributed by atoms with Gasteiger partial charge >= 0.3 is 0 Å². The van der Waals surface area contributed by atoms with Gasteiger partial charge in [-0.15, -0.1) is 0 Å². The first kappa shape index (κ1) is 56.5. The van der Waals surface area contributed by atoms with Crippen molar-refractivity contribution in [3.8, 4) is 67.5 Å². The first-order valence-corrected chi connectivity index (χ1v) is 31.7. The summed E-state index contributed by atoms with van der Waals surface area (Å²) in [6.07, 6.45) is 0. The van der Waals surface area contributed by atoms with Crippen LogP contribution in [0.5, 0.6) is 0 Å². The summed E-state index contributed by atoms with van der Waals surface area (Å²) in [7, 11) is 0. The average Bonchev–Trinajstić information content (AvgIpc) is 1.58. The predicted octanol–water partition coefficient (Wildman–Crippen LogP) is 19.9. The fourth-order valence-electron chi connectivity index (χ4n) is 13.9. The molecule has 0 atom stereocenters. The molecule has 0 fully saturated rings. The molecule has 0 amide bonds. The zero-order valence-corrected chi connectivity index (χ0v) is 54.6. The molecule has 87 heavy (non-hydrogen) atoms. The van der Waals surface area contributed by atoms with Gasteiger partial charge in [0.25, 0.3) is 6.71 Å². The summed E-state index contributed by atoms with van der Waals surface area (Å²) in [5.74, 6) is 0.728. The van der Waals surface area contributed by atoms with E-state index in [1.165, 1.54) is 127 Å². The molecular formula is C82H83BN4. The van der Waals surface area contributed by atoms with Gasteiger partial charge in [-0.05, 0) is 183 Å². The van der Waals surface area contributed by atoms with Crippen molar-refractivity contribution in [1.82, 2.24) is 19.1 Å². The van der Waals surface area contributed by atoms with E-state index in [0.717, 1.165) is 33.9 Å². The van der Waals surface area contributed by atoms with Crippen LogP contribution in [-0.4, -0.2) is 25.8 Å². The Balaban J connectivity index is 1.16. The van der Waals surface area contributed by atoms with Crippen LogP contribution in [-0.2, 0) is 32.5 Å². The van der Waals surface area contributed by atoms with Gasteiger partial charge in [0.05, 0.1) is 22.4 Å². The van der Waals surface area contributed by atoms with Crippen LogP contribution in [0.15, 0.2) is 176 Å². The molecular weight excluding hydrogens is 1050 g/mol. The zero-order chi connectivity index (χ0) is 61.4. The van der Waals surface area contributed by atoms with E-state index in [9.17, 15) is 0 Å². The minimum Gasteiger partial charge on any atom is -0.310 e. The SMILES string of the molecule is CC(C)(C)c1cc(-c2cc(-c3cc4c5c(c3)-n3c6ccc(C(C)(C)C)cc6c6cc(-c7ccccc7)cc(c63)B5c3cc(-c5ccccc5)cc5c6cc(C(C)(C)C)ccc6n-4c35)nc(-c3cc(C(C)(C)C)cc(C(C)(C)C)c3)n2)cc(C(C)(C)C)c1. The third-order valence-electron chi connectivity index (χ3n) is 19.2. The van der Waals surface area contributed by atoms with Crippen molar-refractivity contribution in [1.29, 1.82) is 0 Å². The minimum absolute atomic E-state index is 0.0597. The Morgan fingerprint density at radius 2 is 0.644 bits per heavy atom. The molecule has 2 aliphatic heterocycles. The van der Waals surface area contributed by atoms with Crippen LogP contribution in [0.1, 0.15) is 158 Å². The van der Waals surface area contributed by atoms with Gasteiger partial charge in [-0.25, -0.2) is 9.97 Å². The molecule has 4 nitrogen and oxygen atoms in total. The summed E-state index contributed by atoms with van der Waals surface area (Å²) in [5.41, 5.74) is 28.4. The molecule has 0 saturated heterocycles. The predicted molar refractivity (Wildman–Crippen MR) is 375 cm³/mol. The van der Waals surface area contributed by atoms with E-state index in [4.69, 9.17) is 9.97 Å². The standard InChI is InChI=1S/C82H83BN4/c1-77(2,3)55-29-31-69-61(45-55)63-37-50(48-25-21-19-22-26-48)39-65-74(63)86(69)71-41-53(42-72-73(71)83(65)66-40-51(49-27-23-20-24-28-49)38-64-62-46-56(78(4,5)6)30-32-70(62)87(72)75(64)66)68-47-67(52-33-57(79(7,8)9)43-58(34-52)80(10,11)12)84-76(85-68)54-35-59(81(13,14)15)44-60(36-54)82(16,17)18/h19-47H,1-18H3. The highest BCUT2D eigenvalue weighted by Crippen LogP contribution is 2.46. The van der Waals surface area contributed by atoms with Gasteiger partial charge in [0, 0.05) is 60.6 Å². The van der Waals surface area contributed by atoms with Crippen molar-refractivity contribution in [2.24, 2.45) is 0 Å². The van der Waals surface area contributed by atoms with Gasteiger partial charge in [0.1, 0.15) is 0 Å². The Morgan fingerprint density at radius 3 is 1.01 bits per heavy atom. The van der Waals surface area contributed by atoms with Gasteiger partial charge in [0.15, 0.2) is 5.82 Å². The van der Waals surface area contributed by atoms with Crippen molar-refractivity contribution in [3.63, 3.8) is 0 Å². The van der Waals surface area contributed by atoms with E-state index in [2.05, 4.69) is 310 Å². The van der Waals surface area contributed by atoms with Gasteiger partial charge in [-0.2, -0.15) is 0 Å². The van der Waals surface area contributed by atoms with Crippen LogP contribution in [0.25, 0.3) is 111 Å². The second-order valence-corrected chi connectivity index (χ2v) is 31.7. The Labute approximate surface area is 516 Å². The van der Waals surface area contributed by atoms with Crippen molar-refractivity contribution in [2.45, 2.75) is 157 Å². The molecule has 9 aromatic carbocycles. The molecule has 0 unspecified atom stereocenters. The summed E-state index contributed by atoms with van der Waals surface area (Å²) < 4.78 is 5.28. The number of hydrogen-bond donors (Lipinski definition) is 0. The van der Waals surface area contributed by atoms with Crippen molar-refractivity contribution < 1.29 is 0 Å². The van der Waals surface area contributed by atoms with E-state index in [0.29, 0.717) is 0 Å². The summed E-state index contributed by atoms with van der Waals surface area (Å²) in [4.78, 5) is 11.6. The summed E-state index contributed by atoms with van der Waals surface area (Å²) in [5, 5.41) is 5.08. The van der Waals surface area contributed by atoms with E-state index >= 15 is 0 Å². The lowest BCUT2D eigenvalue weighted by atomic mass is 9.34. The third-order valence-corrected chi connectivity index (χ3v) is 19.2. The van der Waals surface area contributed by atoms with Crippen LogP contribution < -0.4 is 16.4 Å². The average molecular weight is 1140 g/mol. The maximum atomic E-state index is 5.87.